The molecule has 1 N–H and O–H groups in total. The van der Waals surface area contributed by atoms with E-state index in [4.69, 9.17) is 15.8 Å². The molecular weight excluding hydrogens is 543 g/mol. The van der Waals surface area contributed by atoms with Gasteiger partial charge >= 0.3 is 10.1 Å². The molecule has 3 amide bonds. The van der Waals surface area contributed by atoms with Gasteiger partial charge in [0.1, 0.15) is 16.5 Å². The third-order valence-corrected chi connectivity index (χ3v) is 7.56. The molecule has 0 unspecified atom stereocenters. The fourth-order valence-electron chi connectivity index (χ4n) is 3.35. The number of amides is 3. The van der Waals surface area contributed by atoms with Crippen LogP contribution in [-0.2, 0) is 26.3 Å². The van der Waals surface area contributed by atoms with E-state index in [-0.39, 0.29) is 33.0 Å². The van der Waals surface area contributed by atoms with E-state index >= 15 is 0 Å². The summed E-state index contributed by atoms with van der Waals surface area (Å²) in [6.45, 7) is 1.21. The lowest BCUT2D eigenvalue weighted by atomic mass is 10.2. The summed E-state index contributed by atoms with van der Waals surface area (Å²) >= 11 is 6.74. The molecule has 37 heavy (non-hydrogen) atoms. The summed E-state index contributed by atoms with van der Waals surface area (Å²) in [5, 5.41) is 2.12. The number of nitrogens with zero attached hydrogens (tertiary/aromatic N) is 1. The largest absolute Gasteiger partial charge is 0.379 e. The Morgan fingerprint density at radius 3 is 2.51 bits per heavy atom. The normalized spacial score (nSPS) is 14.8. The lowest BCUT2D eigenvalue weighted by molar-refractivity contribution is -0.123. The molecule has 0 spiro atoms. The van der Waals surface area contributed by atoms with Gasteiger partial charge in [-0.05, 0) is 77.5 Å². The third kappa shape index (κ3) is 6.37. The van der Waals surface area contributed by atoms with Crippen molar-refractivity contribution in [1.82, 2.24) is 4.90 Å². The Morgan fingerprint density at radius 1 is 1.11 bits per heavy atom. The maximum Gasteiger partial charge on any atom is 0.339 e. The molecule has 1 aliphatic rings. The SMILES string of the molecule is CC(=O)Nc1ccc(S(=O)(=O)Oc2cccc(/C=C3\SC(=O)N(Cc4ccc(F)cc4Cl)C3=O)c2)cc1. The highest BCUT2D eigenvalue weighted by molar-refractivity contribution is 8.18. The monoisotopic (exact) mass is 560 g/mol. The second-order valence-electron chi connectivity index (χ2n) is 7.82. The fourth-order valence-corrected chi connectivity index (χ4v) is 5.34. The highest BCUT2D eigenvalue weighted by Crippen LogP contribution is 2.34. The highest BCUT2D eigenvalue weighted by Gasteiger charge is 2.35. The lowest BCUT2D eigenvalue weighted by Gasteiger charge is -2.13. The number of thioether (sulfide) groups is 1. The number of rotatable bonds is 7. The fraction of sp³-hybridized carbons (Fsp3) is 0.0800. The topological polar surface area (TPSA) is 110 Å². The van der Waals surface area contributed by atoms with Gasteiger partial charge < -0.3 is 9.50 Å². The van der Waals surface area contributed by atoms with E-state index < -0.39 is 27.1 Å². The first-order valence-electron chi connectivity index (χ1n) is 10.6. The van der Waals surface area contributed by atoms with Gasteiger partial charge in [0.15, 0.2) is 0 Å². The summed E-state index contributed by atoms with van der Waals surface area (Å²) in [5.41, 5.74) is 1.28. The van der Waals surface area contributed by atoms with E-state index in [9.17, 15) is 27.2 Å². The molecular formula is C25H18ClFN2O6S2. The Kier molecular flexibility index (Phi) is 7.67. The maximum atomic E-state index is 13.3. The summed E-state index contributed by atoms with van der Waals surface area (Å²) < 4.78 is 43.9. The molecule has 0 aliphatic carbocycles. The van der Waals surface area contributed by atoms with Gasteiger partial charge in [-0.1, -0.05) is 29.8 Å². The highest BCUT2D eigenvalue weighted by atomic mass is 35.5. The van der Waals surface area contributed by atoms with Crippen molar-refractivity contribution in [3.63, 3.8) is 0 Å². The number of hydrogen-bond donors (Lipinski definition) is 1. The molecule has 0 aromatic heterocycles. The first-order valence-corrected chi connectivity index (χ1v) is 13.2. The number of carbonyl (C=O) groups excluding carboxylic acids is 3. The predicted octanol–water partition coefficient (Wildman–Crippen LogP) is 5.44. The zero-order valence-corrected chi connectivity index (χ0v) is 21.5. The molecule has 1 saturated heterocycles. The number of benzene rings is 3. The number of anilines is 1. The molecule has 8 nitrogen and oxygen atoms in total. The first-order chi connectivity index (χ1) is 17.5. The maximum absolute atomic E-state index is 13.3. The van der Waals surface area contributed by atoms with Gasteiger partial charge in [0.05, 0.1) is 11.4 Å². The van der Waals surface area contributed by atoms with Crippen LogP contribution < -0.4 is 9.50 Å². The van der Waals surface area contributed by atoms with E-state index in [0.717, 1.165) is 22.7 Å². The molecule has 1 fully saturated rings. The summed E-state index contributed by atoms with van der Waals surface area (Å²) in [6, 6.07) is 15.2. The van der Waals surface area contributed by atoms with Crippen molar-refractivity contribution in [3.8, 4) is 5.75 Å². The van der Waals surface area contributed by atoms with Crippen LogP contribution in [0.15, 0.2) is 76.5 Å². The summed E-state index contributed by atoms with van der Waals surface area (Å²) in [4.78, 5) is 37.4. The van der Waals surface area contributed by atoms with Crippen LogP contribution >= 0.6 is 23.4 Å². The van der Waals surface area contributed by atoms with Gasteiger partial charge in [0.25, 0.3) is 11.1 Å². The second kappa shape index (κ2) is 10.8. The quantitative estimate of drug-likeness (QED) is 0.302. The predicted molar refractivity (Wildman–Crippen MR) is 138 cm³/mol. The van der Waals surface area contributed by atoms with E-state index in [1.165, 1.54) is 61.5 Å². The summed E-state index contributed by atoms with van der Waals surface area (Å²) in [6.07, 6.45) is 1.44. The Labute approximate surface area is 221 Å². The molecule has 1 aliphatic heterocycles. The van der Waals surface area contributed by atoms with Crippen molar-refractivity contribution in [2.75, 3.05) is 5.32 Å². The molecule has 12 heteroatoms. The van der Waals surface area contributed by atoms with E-state index in [1.54, 1.807) is 12.1 Å². The van der Waals surface area contributed by atoms with Crippen LogP contribution in [0.2, 0.25) is 5.02 Å². The number of imide groups is 1. The molecule has 0 radical (unpaired) electrons. The zero-order chi connectivity index (χ0) is 26.7. The van der Waals surface area contributed by atoms with Crippen LogP contribution in [-0.4, -0.2) is 30.4 Å². The van der Waals surface area contributed by atoms with Gasteiger partial charge in [-0.25, -0.2) is 4.39 Å². The molecule has 0 saturated carbocycles. The number of hydrogen-bond acceptors (Lipinski definition) is 7. The van der Waals surface area contributed by atoms with Crippen LogP contribution in [0.3, 0.4) is 0 Å². The third-order valence-electron chi connectivity index (χ3n) is 5.04. The average molecular weight is 561 g/mol. The number of carbonyl (C=O) groups is 3. The lowest BCUT2D eigenvalue weighted by Crippen LogP contribution is -2.27. The van der Waals surface area contributed by atoms with Crippen LogP contribution in [0.25, 0.3) is 6.08 Å². The van der Waals surface area contributed by atoms with Crippen molar-refractivity contribution < 1.29 is 31.4 Å². The average Bonchev–Trinajstić information content (AvgIpc) is 3.08. The summed E-state index contributed by atoms with van der Waals surface area (Å²) in [7, 11) is -4.18. The molecule has 1 heterocycles. The van der Waals surface area contributed by atoms with Gasteiger partial charge in [0, 0.05) is 17.6 Å². The second-order valence-corrected chi connectivity index (χ2v) is 10.8. The molecule has 190 valence electrons. The van der Waals surface area contributed by atoms with Gasteiger partial charge in [-0.15, -0.1) is 0 Å². The van der Waals surface area contributed by atoms with Crippen LogP contribution in [0.1, 0.15) is 18.1 Å². The summed E-state index contributed by atoms with van der Waals surface area (Å²) in [5.74, 6) is -1.39. The van der Waals surface area contributed by atoms with Crippen LogP contribution in [0, 0.1) is 5.82 Å². The van der Waals surface area contributed by atoms with Crippen molar-refractivity contribution in [2.45, 2.75) is 18.4 Å². The molecule has 4 rings (SSSR count). The van der Waals surface area contributed by atoms with Crippen molar-refractivity contribution in [2.24, 2.45) is 0 Å². The van der Waals surface area contributed by atoms with Gasteiger partial charge in [-0.3, -0.25) is 19.3 Å². The molecule has 0 bridgehead atoms. The minimum absolute atomic E-state index is 0.00277. The van der Waals surface area contributed by atoms with Crippen molar-refractivity contribution >= 4 is 62.3 Å². The first kappa shape index (κ1) is 26.4. The Balaban J connectivity index is 1.50. The number of nitrogens with one attached hydrogen (secondary N) is 1. The van der Waals surface area contributed by atoms with Gasteiger partial charge in [-0.2, -0.15) is 8.42 Å². The van der Waals surface area contributed by atoms with E-state index in [2.05, 4.69) is 5.32 Å². The number of halogens is 2. The Morgan fingerprint density at radius 2 is 1.84 bits per heavy atom. The van der Waals surface area contributed by atoms with E-state index in [1.807, 2.05) is 0 Å². The van der Waals surface area contributed by atoms with Crippen LogP contribution in [0.4, 0.5) is 14.9 Å². The minimum atomic E-state index is -4.18. The Bertz CT molecular complexity index is 1540. The van der Waals surface area contributed by atoms with E-state index in [0.29, 0.717) is 16.8 Å². The van der Waals surface area contributed by atoms with Crippen LogP contribution in [0.5, 0.6) is 5.75 Å². The molecule has 0 atom stereocenters. The Hall–Kier alpha value is -3.67. The van der Waals surface area contributed by atoms with Gasteiger partial charge in [0.2, 0.25) is 5.91 Å². The standard InChI is InChI=1S/C25H18ClFN2O6S2/c1-15(30)28-19-7-9-21(10-8-19)37(33,34)35-20-4-2-3-16(11-20)12-23-24(31)29(25(32)36-23)14-17-5-6-18(27)13-22(17)26/h2-13H,14H2,1H3,(H,28,30)/b23-12-. The zero-order valence-electron chi connectivity index (χ0n) is 19.1. The smallest absolute Gasteiger partial charge is 0.339 e. The molecule has 3 aromatic rings. The molecule has 3 aromatic carbocycles. The van der Waals surface area contributed by atoms with Crippen molar-refractivity contribution in [3.05, 3.63) is 93.6 Å². The van der Waals surface area contributed by atoms with Crippen molar-refractivity contribution in [1.29, 1.82) is 0 Å². The minimum Gasteiger partial charge on any atom is -0.379 e.